The van der Waals surface area contributed by atoms with E-state index in [1.54, 1.807) is 25.1 Å². The summed E-state index contributed by atoms with van der Waals surface area (Å²) in [6.07, 6.45) is 1.15. The number of aryl methyl sites for hydroxylation is 1. The number of aromatic nitrogens is 2. The van der Waals surface area contributed by atoms with Crippen LogP contribution in [0.25, 0.3) is 0 Å². The first kappa shape index (κ1) is 13.3. The number of anilines is 1. The van der Waals surface area contributed by atoms with E-state index in [-0.39, 0.29) is 10.8 Å². The maximum absolute atomic E-state index is 11.3. The van der Waals surface area contributed by atoms with Crippen LogP contribution < -0.4 is 10.5 Å². The van der Waals surface area contributed by atoms with Crippen molar-refractivity contribution in [1.82, 2.24) is 9.97 Å². The molecule has 1 aromatic carbocycles. The third-order valence-electron chi connectivity index (χ3n) is 2.32. The zero-order valence-corrected chi connectivity index (χ0v) is 11.3. The van der Waals surface area contributed by atoms with E-state index in [2.05, 4.69) is 9.97 Å². The van der Waals surface area contributed by atoms with Crippen molar-refractivity contribution in [1.29, 1.82) is 0 Å². The minimum Gasteiger partial charge on any atom is -0.439 e. The highest BCUT2D eigenvalue weighted by molar-refractivity contribution is 7.90. The van der Waals surface area contributed by atoms with Crippen LogP contribution in [0.5, 0.6) is 11.6 Å². The number of nitrogens with zero attached hydrogens (tertiary/aromatic N) is 2. The van der Waals surface area contributed by atoms with Gasteiger partial charge >= 0.3 is 0 Å². The molecule has 7 heteroatoms. The number of sulfone groups is 1. The Balaban J connectivity index is 2.24. The van der Waals surface area contributed by atoms with Crippen molar-refractivity contribution in [2.24, 2.45) is 0 Å². The molecular weight excluding hydrogens is 266 g/mol. The maximum atomic E-state index is 11.3. The van der Waals surface area contributed by atoms with Gasteiger partial charge in [-0.2, -0.15) is 4.98 Å². The third-order valence-corrected chi connectivity index (χ3v) is 3.45. The first-order valence-corrected chi connectivity index (χ1v) is 7.33. The Bertz CT molecular complexity index is 676. The number of ether oxygens (including phenoxy) is 1. The predicted octanol–water partition coefficient (Wildman–Crippen LogP) is 1.56. The average molecular weight is 279 g/mol. The number of nitrogen functional groups attached to an aromatic ring is 1. The van der Waals surface area contributed by atoms with Crippen LogP contribution >= 0.6 is 0 Å². The molecule has 0 spiro atoms. The fourth-order valence-electron chi connectivity index (χ4n) is 1.49. The summed E-state index contributed by atoms with van der Waals surface area (Å²) in [5.74, 6) is 0.921. The summed E-state index contributed by atoms with van der Waals surface area (Å²) >= 11 is 0. The molecule has 0 unspecified atom stereocenters. The SMILES string of the molecule is Cc1cc(Oc2ccc(S(C)(=O)=O)cc2)nc(N)n1. The van der Waals surface area contributed by atoms with Gasteiger partial charge in [-0.15, -0.1) is 0 Å². The van der Waals surface area contributed by atoms with Gasteiger partial charge in [-0.3, -0.25) is 0 Å². The topological polar surface area (TPSA) is 95.2 Å². The lowest BCUT2D eigenvalue weighted by molar-refractivity contribution is 0.461. The van der Waals surface area contributed by atoms with E-state index >= 15 is 0 Å². The summed E-state index contributed by atoms with van der Waals surface area (Å²) < 4.78 is 28.1. The van der Waals surface area contributed by atoms with Gasteiger partial charge in [0.05, 0.1) is 4.90 Å². The zero-order valence-electron chi connectivity index (χ0n) is 10.5. The maximum Gasteiger partial charge on any atom is 0.224 e. The number of benzene rings is 1. The highest BCUT2D eigenvalue weighted by Gasteiger charge is 2.07. The van der Waals surface area contributed by atoms with Crippen LogP contribution in [0.2, 0.25) is 0 Å². The lowest BCUT2D eigenvalue weighted by atomic mass is 10.3. The van der Waals surface area contributed by atoms with Gasteiger partial charge in [0.1, 0.15) is 5.75 Å². The Morgan fingerprint density at radius 3 is 2.32 bits per heavy atom. The fraction of sp³-hybridized carbons (Fsp3) is 0.167. The molecule has 0 bridgehead atoms. The van der Waals surface area contributed by atoms with E-state index in [4.69, 9.17) is 10.5 Å². The van der Waals surface area contributed by atoms with E-state index in [0.717, 1.165) is 6.26 Å². The van der Waals surface area contributed by atoms with Gasteiger partial charge in [0.2, 0.25) is 11.8 Å². The summed E-state index contributed by atoms with van der Waals surface area (Å²) in [6.45, 7) is 1.78. The Hall–Kier alpha value is -2.15. The van der Waals surface area contributed by atoms with Gasteiger partial charge in [0.15, 0.2) is 9.84 Å². The fourth-order valence-corrected chi connectivity index (χ4v) is 2.12. The molecule has 0 radical (unpaired) electrons. The van der Waals surface area contributed by atoms with E-state index < -0.39 is 9.84 Å². The van der Waals surface area contributed by atoms with Gasteiger partial charge < -0.3 is 10.5 Å². The quantitative estimate of drug-likeness (QED) is 0.916. The lowest BCUT2D eigenvalue weighted by Crippen LogP contribution is -1.99. The molecule has 0 amide bonds. The Morgan fingerprint density at radius 1 is 1.16 bits per heavy atom. The second-order valence-electron chi connectivity index (χ2n) is 4.05. The molecule has 0 aliphatic rings. The Labute approximate surface area is 111 Å². The molecule has 0 aliphatic heterocycles. The van der Waals surface area contributed by atoms with Crippen LogP contribution in [-0.4, -0.2) is 24.6 Å². The highest BCUT2D eigenvalue weighted by atomic mass is 32.2. The second kappa shape index (κ2) is 4.85. The Morgan fingerprint density at radius 2 is 1.79 bits per heavy atom. The summed E-state index contributed by atoms with van der Waals surface area (Å²) in [4.78, 5) is 8.09. The first-order chi connectivity index (χ1) is 8.84. The molecule has 19 heavy (non-hydrogen) atoms. The van der Waals surface area contributed by atoms with Crippen LogP contribution in [0.4, 0.5) is 5.95 Å². The van der Waals surface area contributed by atoms with Crippen LogP contribution in [0.15, 0.2) is 35.2 Å². The summed E-state index contributed by atoms with van der Waals surface area (Å²) in [7, 11) is -3.21. The molecular formula is C12H13N3O3S. The largest absolute Gasteiger partial charge is 0.439 e. The van der Waals surface area contributed by atoms with Crippen molar-refractivity contribution in [3.63, 3.8) is 0 Å². The molecule has 2 N–H and O–H groups in total. The van der Waals surface area contributed by atoms with Gasteiger partial charge in [0, 0.05) is 18.0 Å². The lowest BCUT2D eigenvalue weighted by Gasteiger charge is -2.06. The minimum atomic E-state index is -3.21. The highest BCUT2D eigenvalue weighted by Crippen LogP contribution is 2.22. The van der Waals surface area contributed by atoms with E-state index in [0.29, 0.717) is 17.3 Å². The van der Waals surface area contributed by atoms with Crippen LogP contribution in [0.1, 0.15) is 5.69 Å². The van der Waals surface area contributed by atoms with Crippen molar-refractivity contribution < 1.29 is 13.2 Å². The second-order valence-corrected chi connectivity index (χ2v) is 6.07. The molecule has 2 rings (SSSR count). The van der Waals surface area contributed by atoms with Crippen molar-refractivity contribution >= 4 is 15.8 Å². The van der Waals surface area contributed by atoms with Crippen molar-refractivity contribution in [2.75, 3.05) is 12.0 Å². The van der Waals surface area contributed by atoms with Crippen LogP contribution in [-0.2, 0) is 9.84 Å². The van der Waals surface area contributed by atoms with Gasteiger partial charge in [0.25, 0.3) is 0 Å². The molecule has 2 aromatic rings. The van der Waals surface area contributed by atoms with Gasteiger partial charge in [-0.05, 0) is 31.2 Å². The molecule has 0 atom stereocenters. The number of hydrogen-bond acceptors (Lipinski definition) is 6. The molecule has 1 heterocycles. The molecule has 0 saturated carbocycles. The van der Waals surface area contributed by atoms with Gasteiger partial charge in [-0.25, -0.2) is 13.4 Å². The summed E-state index contributed by atoms with van der Waals surface area (Å²) in [6, 6.07) is 7.71. The van der Waals surface area contributed by atoms with Crippen molar-refractivity contribution in [2.45, 2.75) is 11.8 Å². The normalized spacial score (nSPS) is 11.3. The standard InChI is InChI=1S/C12H13N3O3S/c1-8-7-11(15-12(13)14-8)18-9-3-5-10(6-4-9)19(2,16)17/h3-7H,1-2H3,(H2,13,14,15). The average Bonchev–Trinajstić information content (AvgIpc) is 2.26. The summed E-state index contributed by atoms with van der Waals surface area (Å²) in [5, 5.41) is 0. The van der Waals surface area contributed by atoms with Crippen molar-refractivity contribution in [3.05, 3.63) is 36.0 Å². The Kier molecular flexibility index (Phi) is 3.39. The van der Waals surface area contributed by atoms with Crippen molar-refractivity contribution in [3.8, 4) is 11.6 Å². The minimum absolute atomic E-state index is 0.128. The van der Waals surface area contributed by atoms with Crippen LogP contribution in [0.3, 0.4) is 0 Å². The first-order valence-electron chi connectivity index (χ1n) is 5.44. The van der Waals surface area contributed by atoms with Gasteiger partial charge in [-0.1, -0.05) is 0 Å². The number of hydrogen-bond donors (Lipinski definition) is 1. The number of nitrogens with two attached hydrogens (primary N) is 1. The molecule has 1 aromatic heterocycles. The van der Waals surface area contributed by atoms with Crippen LogP contribution in [0, 0.1) is 6.92 Å². The van der Waals surface area contributed by atoms with E-state index in [9.17, 15) is 8.42 Å². The molecule has 100 valence electrons. The number of rotatable bonds is 3. The van der Waals surface area contributed by atoms with E-state index in [1.165, 1.54) is 12.1 Å². The monoisotopic (exact) mass is 279 g/mol. The third kappa shape index (κ3) is 3.41. The smallest absolute Gasteiger partial charge is 0.224 e. The summed E-state index contributed by atoms with van der Waals surface area (Å²) in [5.41, 5.74) is 6.20. The molecule has 0 aliphatic carbocycles. The van der Waals surface area contributed by atoms with E-state index in [1.807, 2.05) is 0 Å². The zero-order chi connectivity index (χ0) is 14.0. The molecule has 0 saturated heterocycles. The molecule has 0 fully saturated rings. The molecule has 6 nitrogen and oxygen atoms in total. The predicted molar refractivity (Wildman–Crippen MR) is 70.8 cm³/mol.